The fourth-order valence-corrected chi connectivity index (χ4v) is 3.09. The topological polar surface area (TPSA) is 28.7 Å². The van der Waals surface area contributed by atoms with Crippen molar-refractivity contribution in [2.75, 3.05) is 0 Å². The third-order valence-corrected chi connectivity index (χ3v) is 4.31. The minimum absolute atomic E-state index is 0.847. The molecule has 0 unspecified atom stereocenters. The molecule has 0 atom stereocenters. The summed E-state index contributed by atoms with van der Waals surface area (Å²) in [4.78, 5) is 9.44. The summed E-state index contributed by atoms with van der Waals surface area (Å²) in [5, 5.41) is 0. The Morgan fingerprint density at radius 3 is 2.90 bits per heavy atom. The molecule has 2 aromatic rings. The molecule has 0 aliphatic heterocycles. The lowest BCUT2D eigenvalue weighted by atomic mass is 10.0. The van der Waals surface area contributed by atoms with E-state index in [1.54, 1.807) is 23.9 Å². The minimum Gasteiger partial charge on any atom is -0.338 e. The Morgan fingerprint density at radius 1 is 1.45 bits per heavy atom. The van der Waals surface area contributed by atoms with Crippen LogP contribution in [0.25, 0.3) is 0 Å². The fraction of sp³-hybridized carbons (Fsp3) is 0.235. The second kappa shape index (κ2) is 6.40. The van der Waals surface area contributed by atoms with E-state index in [0.717, 1.165) is 17.0 Å². The Bertz CT molecular complexity index is 691. The Morgan fingerprint density at radius 2 is 2.25 bits per heavy atom. The van der Waals surface area contributed by atoms with Crippen LogP contribution in [0.3, 0.4) is 0 Å². The molecule has 0 aromatic carbocycles. The molecule has 2 heterocycles. The summed E-state index contributed by atoms with van der Waals surface area (Å²) >= 11 is 1.76. The Kier molecular flexibility index (Phi) is 4.60. The van der Waals surface area contributed by atoms with Gasteiger partial charge in [0.1, 0.15) is 5.69 Å². The zero-order valence-electron chi connectivity index (χ0n) is 12.1. The lowest BCUT2D eigenvalue weighted by Gasteiger charge is -2.02. The molecule has 0 amide bonds. The van der Waals surface area contributed by atoms with E-state index < -0.39 is 0 Å². The van der Waals surface area contributed by atoms with Crippen molar-refractivity contribution >= 4 is 11.3 Å². The predicted octanol–water partition coefficient (Wildman–Crippen LogP) is 4.16. The third-order valence-electron chi connectivity index (χ3n) is 3.14. The van der Waals surface area contributed by atoms with Crippen molar-refractivity contribution in [1.82, 2.24) is 9.97 Å². The molecular weight excluding hydrogens is 264 g/mol. The van der Waals surface area contributed by atoms with E-state index in [-0.39, 0.29) is 0 Å². The van der Waals surface area contributed by atoms with Crippen LogP contribution in [-0.4, -0.2) is 9.97 Å². The number of rotatable bonds is 3. The van der Waals surface area contributed by atoms with Crippen LogP contribution in [0.4, 0.5) is 0 Å². The predicted molar refractivity (Wildman–Crippen MR) is 86.0 cm³/mol. The number of imidazole rings is 1. The van der Waals surface area contributed by atoms with E-state index in [2.05, 4.69) is 55.2 Å². The lowest BCUT2D eigenvalue weighted by Crippen LogP contribution is -1.90. The molecule has 0 spiro atoms. The molecule has 0 fully saturated rings. The molecule has 3 heteroatoms. The van der Waals surface area contributed by atoms with Crippen LogP contribution in [0, 0.1) is 25.7 Å². The number of allylic oxidation sites excluding steroid dienone is 3. The van der Waals surface area contributed by atoms with E-state index >= 15 is 0 Å². The largest absolute Gasteiger partial charge is 0.338 e. The smallest absolute Gasteiger partial charge is 0.109 e. The van der Waals surface area contributed by atoms with Gasteiger partial charge < -0.3 is 4.98 Å². The number of hydrogen-bond acceptors (Lipinski definition) is 2. The van der Waals surface area contributed by atoms with E-state index in [4.69, 9.17) is 0 Å². The molecule has 2 aromatic heterocycles. The quantitative estimate of drug-likeness (QED) is 0.664. The van der Waals surface area contributed by atoms with Gasteiger partial charge in [-0.2, -0.15) is 0 Å². The van der Waals surface area contributed by atoms with Gasteiger partial charge in [-0.25, -0.2) is 4.98 Å². The Balaban J connectivity index is 2.29. The summed E-state index contributed by atoms with van der Waals surface area (Å²) in [6.45, 7) is 10.2. The highest BCUT2D eigenvalue weighted by Crippen LogP contribution is 2.28. The summed E-state index contributed by atoms with van der Waals surface area (Å²) in [5.74, 6) is 6.35. The SMILES string of the molecule is C=C/C=C(\C)Cc1c(C)sc(C#Cc2cnc[nH]2)c1C. The van der Waals surface area contributed by atoms with Crippen molar-refractivity contribution in [2.24, 2.45) is 0 Å². The molecule has 0 saturated carbocycles. The zero-order valence-corrected chi connectivity index (χ0v) is 12.9. The Labute approximate surface area is 124 Å². The number of aromatic nitrogens is 2. The number of aromatic amines is 1. The van der Waals surface area contributed by atoms with Crippen LogP contribution < -0.4 is 0 Å². The molecule has 102 valence electrons. The van der Waals surface area contributed by atoms with Crippen LogP contribution in [0.5, 0.6) is 0 Å². The van der Waals surface area contributed by atoms with Crippen LogP contribution in [0.15, 0.2) is 36.8 Å². The second-order valence-electron chi connectivity index (χ2n) is 4.73. The number of thiophene rings is 1. The van der Waals surface area contributed by atoms with Gasteiger partial charge in [0.05, 0.1) is 17.4 Å². The number of H-pyrrole nitrogens is 1. The molecule has 0 aliphatic rings. The number of nitrogens with one attached hydrogen (secondary N) is 1. The van der Waals surface area contributed by atoms with E-state index in [1.807, 2.05) is 6.08 Å². The van der Waals surface area contributed by atoms with Crippen molar-refractivity contribution in [1.29, 1.82) is 0 Å². The maximum atomic E-state index is 3.97. The minimum atomic E-state index is 0.847. The molecule has 1 N–H and O–H groups in total. The van der Waals surface area contributed by atoms with Crippen molar-refractivity contribution in [3.63, 3.8) is 0 Å². The molecular formula is C17H18N2S. The van der Waals surface area contributed by atoms with Gasteiger partial charge >= 0.3 is 0 Å². The maximum Gasteiger partial charge on any atom is 0.109 e. The monoisotopic (exact) mass is 282 g/mol. The first-order valence-corrected chi connectivity index (χ1v) is 7.31. The molecule has 0 bridgehead atoms. The first-order valence-electron chi connectivity index (χ1n) is 6.49. The van der Waals surface area contributed by atoms with Crippen LogP contribution in [-0.2, 0) is 6.42 Å². The van der Waals surface area contributed by atoms with Gasteiger partial charge in [0.2, 0.25) is 0 Å². The summed E-state index contributed by atoms with van der Waals surface area (Å²) in [6, 6.07) is 0. The average Bonchev–Trinajstić information content (AvgIpc) is 3.00. The highest BCUT2D eigenvalue weighted by atomic mass is 32.1. The summed E-state index contributed by atoms with van der Waals surface area (Å²) in [5.41, 5.74) is 4.84. The molecule has 2 nitrogen and oxygen atoms in total. The van der Waals surface area contributed by atoms with Gasteiger partial charge in [-0.05, 0) is 50.2 Å². The van der Waals surface area contributed by atoms with E-state index in [1.165, 1.54) is 21.6 Å². The zero-order chi connectivity index (χ0) is 14.5. The van der Waals surface area contributed by atoms with Gasteiger partial charge in [-0.1, -0.05) is 24.3 Å². The van der Waals surface area contributed by atoms with E-state index in [0.29, 0.717) is 0 Å². The highest BCUT2D eigenvalue weighted by molar-refractivity contribution is 7.12. The molecule has 2 rings (SSSR count). The first-order chi connectivity index (χ1) is 9.61. The Hall–Kier alpha value is -2.05. The van der Waals surface area contributed by atoms with Gasteiger partial charge in [0.25, 0.3) is 0 Å². The normalized spacial score (nSPS) is 11.1. The van der Waals surface area contributed by atoms with E-state index in [9.17, 15) is 0 Å². The van der Waals surface area contributed by atoms with Gasteiger partial charge in [0.15, 0.2) is 0 Å². The maximum absolute atomic E-state index is 3.97. The van der Waals surface area contributed by atoms with Crippen LogP contribution >= 0.6 is 11.3 Å². The van der Waals surface area contributed by atoms with Gasteiger partial charge in [-0.15, -0.1) is 11.3 Å². The average molecular weight is 282 g/mol. The molecule has 20 heavy (non-hydrogen) atoms. The molecule has 0 saturated heterocycles. The summed E-state index contributed by atoms with van der Waals surface area (Å²) in [6.07, 6.45) is 8.25. The first kappa shape index (κ1) is 14.4. The second-order valence-corrected chi connectivity index (χ2v) is 5.96. The number of hydrogen-bond donors (Lipinski definition) is 1. The number of nitrogens with zero attached hydrogens (tertiary/aromatic N) is 1. The van der Waals surface area contributed by atoms with Crippen molar-refractivity contribution in [3.05, 3.63) is 63.4 Å². The third kappa shape index (κ3) is 3.28. The van der Waals surface area contributed by atoms with Crippen molar-refractivity contribution in [3.8, 4) is 11.8 Å². The number of aryl methyl sites for hydroxylation is 1. The van der Waals surface area contributed by atoms with Crippen molar-refractivity contribution < 1.29 is 0 Å². The van der Waals surface area contributed by atoms with Gasteiger partial charge in [-0.3, -0.25) is 0 Å². The van der Waals surface area contributed by atoms with Crippen LogP contribution in [0.1, 0.15) is 33.5 Å². The fourth-order valence-electron chi connectivity index (χ4n) is 2.06. The lowest BCUT2D eigenvalue weighted by molar-refractivity contribution is 1.11. The summed E-state index contributed by atoms with van der Waals surface area (Å²) in [7, 11) is 0. The molecule has 0 radical (unpaired) electrons. The standard InChI is InChI=1S/C17H18N2S/c1-5-6-12(2)9-16-13(3)17(20-14(16)4)8-7-15-10-18-11-19-15/h5-6,10-11H,1,9H2,2-4H3,(H,18,19)/b12-6+. The van der Waals surface area contributed by atoms with Gasteiger partial charge in [0, 0.05) is 4.88 Å². The van der Waals surface area contributed by atoms with Crippen molar-refractivity contribution in [2.45, 2.75) is 27.2 Å². The highest BCUT2D eigenvalue weighted by Gasteiger charge is 2.10. The summed E-state index contributed by atoms with van der Waals surface area (Å²) < 4.78 is 0. The molecule has 0 aliphatic carbocycles. The van der Waals surface area contributed by atoms with Crippen LogP contribution in [0.2, 0.25) is 0 Å².